The molecule has 1 aliphatic heterocycles. The standard InChI is InChI=1S/C18H22N4O2/c1-18(2)12-22(10-9-19-18)17(24)16-8-7-15(20-21-16)14-5-3-13(11-23)4-6-14/h3-8,19,23H,9-12H2,1-2H3. The summed E-state index contributed by atoms with van der Waals surface area (Å²) in [6, 6.07) is 11.0. The van der Waals surface area contributed by atoms with E-state index in [1.54, 1.807) is 6.07 Å². The van der Waals surface area contributed by atoms with E-state index in [9.17, 15) is 4.79 Å². The molecule has 2 heterocycles. The number of amides is 1. The Kier molecular flexibility index (Phi) is 4.59. The van der Waals surface area contributed by atoms with Crippen molar-refractivity contribution in [3.05, 3.63) is 47.7 Å². The molecule has 3 rings (SSSR count). The fourth-order valence-electron chi connectivity index (χ4n) is 2.86. The Hall–Kier alpha value is -2.31. The Morgan fingerprint density at radius 3 is 2.54 bits per heavy atom. The number of aliphatic hydroxyl groups is 1. The first kappa shape index (κ1) is 16.5. The quantitative estimate of drug-likeness (QED) is 0.893. The average molecular weight is 326 g/mol. The summed E-state index contributed by atoms with van der Waals surface area (Å²) < 4.78 is 0. The van der Waals surface area contributed by atoms with Crippen LogP contribution in [0, 0.1) is 0 Å². The number of carbonyl (C=O) groups excluding carboxylic acids is 1. The van der Waals surface area contributed by atoms with E-state index in [4.69, 9.17) is 5.11 Å². The second-order valence-electron chi connectivity index (χ2n) is 6.70. The average Bonchev–Trinajstić information content (AvgIpc) is 2.60. The molecule has 1 aromatic heterocycles. The molecule has 1 aromatic carbocycles. The van der Waals surface area contributed by atoms with Crippen LogP contribution < -0.4 is 5.32 Å². The molecule has 0 atom stereocenters. The van der Waals surface area contributed by atoms with Crippen LogP contribution in [0.2, 0.25) is 0 Å². The highest BCUT2D eigenvalue weighted by molar-refractivity contribution is 5.92. The van der Waals surface area contributed by atoms with Gasteiger partial charge < -0.3 is 15.3 Å². The maximum Gasteiger partial charge on any atom is 0.274 e. The van der Waals surface area contributed by atoms with Gasteiger partial charge >= 0.3 is 0 Å². The van der Waals surface area contributed by atoms with Crippen LogP contribution in [-0.4, -0.2) is 51.3 Å². The topological polar surface area (TPSA) is 78.4 Å². The number of rotatable bonds is 3. The first-order chi connectivity index (χ1) is 11.5. The second-order valence-corrected chi connectivity index (χ2v) is 6.70. The van der Waals surface area contributed by atoms with E-state index in [0.717, 1.165) is 17.7 Å². The largest absolute Gasteiger partial charge is 0.392 e. The summed E-state index contributed by atoms with van der Waals surface area (Å²) in [6.07, 6.45) is 0. The molecule has 1 amide bonds. The lowest BCUT2D eigenvalue weighted by Crippen LogP contribution is -2.58. The van der Waals surface area contributed by atoms with Crippen molar-refractivity contribution < 1.29 is 9.90 Å². The zero-order valence-electron chi connectivity index (χ0n) is 14.0. The summed E-state index contributed by atoms with van der Waals surface area (Å²) in [5.41, 5.74) is 2.73. The molecular formula is C18H22N4O2. The number of hydrogen-bond donors (Lipinski definition) is 2. The third-order valence-corrected chi connectivity index (χ3v) is 4.17. The molecular weight excluding hydrogens is 304 g/mol. The number of nitrogens with one attached hydrogen (secondary N) is 1. The lowest BCUT2D eigenvalue weighted by atomic mass is 10.0. The van der Waals surface area contributed by atoms with E-state index in [-0.39, 0.29) is 18.1 Å². The summed E-state index contributed by atoms with van der Waals surface area (Å²) in [7, 11) is 0. The monoisotopic (exact) mass is 326 g/mol. The molecule has 126 valence electrons. The summed E-state index contributed by atoms with van der Waals surface area (Å²) in [6.45, 7) is 6.28. The van der Waals surface area contributed by atoms with Gasteiger partial charge in [0.1, 0.15) is 0 Å². The molecule has 6 nitrogen and oxygen atoms in total. The fraction of sp³-hybridized carbons (Fsp3) is 0.389. The summed E-state index contributed by atoms with van der Waals surface area (Å²) in [5, 5.41) is 20.8. The normalized spacial score (nSPS) is 16.9. The highest BCUT2D eigenvalue weighted by Crippen LogP contribution is 2.18. The Labute approximate surface area is 141 Å². The van der Waals surface area contributed by atoms with Crippen molar-refractivity contribution in [1.29, 1.82) is 0 Å². The minimum absolute atomic E-state index is 0.0143. The highest BCUT2D eigenvalue weighted by atomic mass is 16.3. The lowest BCUT2D eigenvalue weighted by Gasteiger charge is -2.38. The molecule has 1 saturated heterocycles. The smallest absolute Gasteiger partial charge is 0.274 e. The van der Waals surface area contributed by atoms with E-state index in [1.807, 2.05) is 35.2 Å². The van der Waals surface area contributed by atoms with Crippen molar-refractivity contribution in [2.75, 3.05) is 19.6 Å². The van der Waals surface area contributed by atoms with Gasteiger partial charge in [0.05, 0.1) is 12.3 Å². The van der Waals surface area contributed by atoms with Gasteiger partial charge in [0, 0.05) is 30.7 Å². The van der Waals surface area contributed by atoms with Gasteiger partial charge in [-0.1, -0.05) is 24.3 Å². The van der Waals surface area contributed by atoms with Crippen LogP contribution in [0.25, 0.3) is 11.3 Å². The van der Waals surface area contributed by atoms with Crippen molar-refractivity contribution in [3.63, 3.8) is 0 Å². The number of hydrogen-bond acceptors (Lipinski definition) is 5. The van der Waals surface area contributed by atoms with E-state index in [1.165, 1.54) is 0 Å². The molecule has 0 bridgehead atoms. The molecule has 1 aliphatic rings. The third-order valence-electron chi connectivity index (χ3n) is 4.17. The number of piperazine rings is 1. The molecule has 0 spiro atoms. The first-order valence-electron chi connectivity index (χ1n) is 8.07. The maximum atomic E-state index is 12.6. The minimum Gasteiger partial charge on any atom is -0.392 e. The molecule has 1 fully saturated rings. The number of carbonyl (C=O) groups is 1. The Morgan fingerprint density at radius 2 is 1.96 bits per heavy atom. The van der Waals surface area contributed by atoms with Crippen LogP contribution >= 0.6 is 0 Å². The predicted octanol–water partition coefficient (Wildman–Crippen LogP) is 1.46. The summed E-state index contributed by atoms with van der Waals surface area (Å²) in [5.74, 6) is -0.0840. The van der Waals surface area contributed by atoms with Crippen LogP contribution in [0.3, 0.4) is 0 Å². The fourth-order valence-corrected chi connectivity index (χ4v) is 2.86. The molecule has 24 heavy (non-hydrogen) atoms. The molecule has 0 radical (unpaired) electrons. The van der Waals surface area contributed by atoms with Crippen molar-refractivity contribution in [3.8, 4) is 11.3 Å². The van der Waals surface area contributed by atoms with Crippen LogP contribution in [-0.2, 0) is 6.61 Å². The zero-order valence-corrected chi connectivity index (χ0v) is 14.0. The predicted molar refractivity (Wildman–Crippen MR) is 91.4 cm³/mol. The van der Waals surface area contributed by atoms with Crippen molar-refractivity contribution in [2.24, 2.45) is 0 Å². The van der Waals surface area contributed by atoms with Gasteiger partial charge in [0.15, 0.2) is 5.69 Å². The number of benzene rings is 1. The van der Waals surface area contributed by atoms with Gasteiger partial charge in [-0.05, 0) is 31.5 Å². The Bertz CT molecular complexity index is 711. The maximum absolute atomic E-state index is 12.6. The van der Waals surface area contributed by atoms with Gasteiger partial charge in [-0.2, -0.15) is 0 Å². The van der Waals surface area contributed by atoms with Gasteiger partial charge in [-0.3, -0.25) is 4.79 Å². The molecule has 0 unspecified atom stereocenters. The Balaban J connectivity index is 1.75. The molecule has 6 heteroatoms. The van der Waals surface area contributed by atoms with Crippen molar-refractivity contribution >= 4 is 5.91 Å². The highest BCUT2D eigenvalue weighted by Gasteiger charge is 2.29. The SMILES string of the molecule is CC1(C)CN(C(=O)c2ccc(-c3ccc(CO)cc3)nn2)CCN1. The second kappa shape index (κ2) is 6.67. The van der Waals surface area contributed by atoms with E-state index in [0.29, 0.717) is 24.5 Å². The van der Waals surface area contributed by atoms with E-state index in [2.05, 4.69) is 29.4 Å². The Morgan fingerprint density at radius 1 is 1.21 bits per heavy atom. The van der Waals surface area contributed by atoms with Crippen molar-refractivity contribution in [1.82, 2.24) is 20.4 Å². The van der Waals surface area contributed by atoms with Crippen LogP contribution in [0.4, 0.5) is 0 Å². The summed E-state index contributed by atoms with van der Waals surface area (Å²) in [4.78, 5) is 14.4. The summed E-state index contributed by atoms with van der Waals surface area (Å²) >= 11 is 0. The van der Waals surface area contributed by atoms with E-state index < -0.39 is 0 Å². The number of aromatic nitrogens is 2. The lowest BCUT2D eigenvalue weighted by molar-refractivity contribution is 0.0645. The first-order valence-corrected chi connectivity index (χ1v) is 8.07. The zero-order chi connectivity index (χ0) is 17.2. The van der Waals surface area contributed by atoms with Crippen LogP contribution in [0.5, 0.6) is 0 Å². The van der Waals surface area contributed by atoms with Crippen LogP contribution in [0.15, 0.2) is 36.4 Å². The van der Waals surface area contributed by atoms with Gasteiger partial charge in [0.25, 0.3) is 5.91 Å². The van der Waals surface area contributed by atoms with E-state index >= 15 is 0 Å². The molecule has 0 aliphatic carbocycles. The van der Waals surface area contributed by atoms with Crippen molar-refractivity contribution in [2.45, 2.75) is 26.0 Å². The number of nitrogens with zero attached hydrogens (tertiary/aromatic N) is 3. The van der Waals surface area contributed by atoms with Gasteiger partial charge in [-0.25, -0.2) is 0 Å². The van der Waals surface area contributed by atoms with Crippen LogP contribution in [0.1, 0.15) is 29.9 Å². The molecule has 2 N–H and O–H groups in total. The molecule has 0 saturated carbocycles. The van der Waals surface area contributed by atoms with Gasteiger partial charge in [0.2, 0.25) is 0 Å². The minimum atomic E-state index is -0.0876. The third kappa shape index (κ3) is 3.60. The van der Waals surface area contributed by atoms with Gasteiger partial charge in [-0.15, -0.1) is 10.2 Å². The number of aliphatic hydroxyl groups excluding tert-OH is 1. The molecule has 2 aromatic rings.